The third-order valence-corrected chi connectivity index (χ3v) is 4.83. The van der Waals surface area contributed by atoms with Gasteiger partial charge in [0.15, 0.2) is 23.3 Å². The Kier molecular flexibility index (Phi) is 4.82. The van der Waals surface area contributed by atoms with E-state index in [-0.39, 0.29) is 12.3 Å². The first-order valence-corrected chi connectivity index (χ1v) is 9.11. The summed E-state index contributed by atoms with van der Waals surface area (Å²) >= 11 is 0. The lowest BCUT2D eigenvalue weighted by atomic mass is 10.2. The molecular weight excluding hydrogens is 322 g/mol. The summed E-state index contributed by atoms with van der Waals surface area (Å²) in [6.07, 6.45) is 7.43. The first kappa shape index (κ1) is 16.7. The fourth-order valence-corrected chi connectivity index (χ4v) is 3.11. The van der Waals surface area contributed by atoms with E-state index in [4.69, 9.17) is 9.47 Å². The van der Waals surface area contributed by atoms with Crippen LogP contribution in [0, 0.1) is 5.92 Å². The van der Waals surface area contributed by atoms with Gasteiger partial charge in [0.1, 0.15) is 12.6 Å². The number of fused-ring (bicyclic) bond motifs is 1. The van der Waals surface area contributed by atoms with Crippen LogP contribution in [0.15, 0.2) is 12.7 Å². The predicted octanol–water partition coefficient (Wildman–Crippen LogP) is 2.07. The normalized spacial score (nSPS) is 24.7. The molecule has 1 saturated carbocycles. The van der Waals surface area contributed by atoms with Crippen molar-refractivity contribution in [2.75, 3.05) is 18.5 Å². The Balaban J connectivity index is 1.44. The number of anilines is 1. The molecule has 0 amide bonds. The topological polar surface area (TPSA) is 94.3 Å². The SMILES string of the molecule is CCC(O)OC[C@@H]1CC[C@H](n2cnc3c(NCC4CC4)ncnc32)O1. The van der Waals surface area contributed by atoms with E-state index >= 15 is 0 Å². The van der Waals surface area contributed by atoms with Gasteiger partial charge in [-0.25, -0.2) is 15.0 Å². The van der Waals surface area contributed by atoms with E-state index < -0.39 is 6.29 Å². The van der Waals surface area contributed by atoms with Crippen LogP contribution in [0.25, 0.3) is 11.2 Å². The summed E-state index contributed by atoms with van der Waals surface area (Å²) in [4.78, 5) is 13.2. The molecule has 4 rings (SSSR count). The molecule has 1 unspecified atom stereocenters. The molecule has 3 atom stereocenters. The molecule has 1 saturated heterocycles. The maximum atomic E-state index is 9.52. The second kappa shape index (κ2) is 7.23. The van der Waals surface area contributed by atoms with Crippen molar-refractivity contribution >= 4 is 17.0 Å². The molecule has 2 aromatic heterocycles. The third-order valence-electron chi connectivity index (χ3n) is 4.83. The Morgan fingerprint density at radius 1 is 1.32 bits per heavy atom. The van der Waals surface area contributed by atoms with Crippen LogP contribution in [0.3, 0.4) is 0 Å². The predicted molar refractivity (Wildman–Crippen MR) is 91.9 cm³/mol. The molecule has 8 nitrogen and oxygen atoms in total. The lowest BCUT2D eigenvalue weighted by Crippen LogP contribution is -2.21. The van der Waals surface area contributed by atoms with Gasteiger partial charge in [0.25, 0.3) is 0 Å². The molecule has 2 aromatic rings. The van der Waals surface area contributed by atoms with Gasteiger partial charge in [-0.1, -0.05) is 6.92 Å². The van der Waals surface area contributed by atoms with Crippen molar-refractivity contribution in [1.82, 2.24) is 19.5 Å². The summed E-state index contributed by atoms with van der Waals surface area (Å²) < 4.78 is 13.4. The van der Waals surface area contributed by atoms with Crippen LogP contribution < -0.4 is 5.32 Å². The van der Waals surface area contributed by atoms with E-state index in [0.29, 0.717) is 13.0 Å². The molecule has 0 bridgehead atoms. The largest absolute Gasteiger partial charge is 0.368 e. The zero-order valence-electron chi connectivity index (χ0n) is 14.5. The van der Waals surface area contributed by atoms with Gasteiger partial charge in [0, 0.05) is 6.54 Å². The minimum Gasteiger partial charge on any atom is -0.368 e. The van der Waals surface area contributed by atoms with E-state index in [0.717, 1.165) is 42.3 Å². The lowest BCUT2D eigenvalue weighted by Gasteiger charge is -2.17. The van der Waals surface area contributed by atoms with Gasteiger partial charge in [-0.2, -0.15) is 0 Å². The van der Waals surface area contributed by atoms with Crippen LogP contribution in [0.5, 0.6) is 0 Å². The smallest absolute Gasteiger partial charge is 0.167 e. The molecule has 1 aliphatic heterocycles. The van der Waals surface area contributed by atoms with E-state index in [2.05, 4.69) is 20.3 Å². The third kappa shape index (κ3) is 3.75. The number of rotatable bonds is 8. The van der Waals surface area contributed by atoms with Crippen LogP contribution in [-0.2, 0) is 9.47 Å². The van der Waals surface area contributed by atoms with Gasteiger partial charge in [-0.05, 0) is 38.0 Å². The minimum atomic E-state index is -0.718. The van der Waals surface area contributed by atoms with Crippen molar-refractivity contribution in [3.63, 3.8) is 0 Å². The van der Waals surface area contributed by atoms with Gasteiger partial charge in [-0.15, -0.1) is 0 Å². The molecule has 25 heavy (non-hydrogen) atoms. The van der Waals surface area contributed by atoms with Crippen LogP contribution in [-0.4, -0.2) is 50.2 Å². The van der Waals surface area contributed by atoms with Crippen molar-refractivity contribution in [2.45, 2.75) is 57.6 Å². The number of aliphatic hydroxyl groups is 1. The minimum absolute atomic E-state index is 0.0158. The van der Waals surface area contributed by atoms with E-state index in [1.807, 2.05) is 11.5 Å². The monoisotopic (exact) mass is 347 g/mol. The number of hydrogen-bond donors (Lipinski definition) is 2. The van der Waals surface area contributed by atoms with Crippen LogP contribution in [0.4, 0.5) is 5.82 Å². The Morgan fingerprint density at radius 2 is 2.20 bits per heavy atom. The number of aromatic nitrogens is 4. The Hall–Kier alpha value is -1.77. The number of nitrogens with zero attached hydrogens (tertiary/aromatic N) is 4. The molecule has 2 N–H and O–H groups in total. The zero-order chi connectivity index (χ0) is 17.2. The van der Waals surface area contributed by atoms with Gasteiger partial charge in [0.05, 0.1) is 19.0 Å². The van der Waals surface area contributed by atoms with E-state index in [9.17, 15) is 5.11 Å². The van der Waals surface area contributed by atoms with Crippen molar-refractivity contribution in [3.05, 3.63) is 12.7 Å². The molecule has 0 radical (unpaired) electrons. The molecule has 0 aromatic carbocycles. The van der Waals surface area contributed by atoms with E-state index in [1.54, 1.807) is 12.7 Å². The summed E-state index contributed by atoms with van der Waals surface area (Å²) in [5.74, 6) is 1.56. The standard InChI is InChI=1S/C17H25N5O3/c1-2-14(23)24-8-12-5-6-13(25-12)22-10-21-15-16(18-7-11-3-4-11)19-9-20-17(15)22/h9-14,23H,2-8H2,1H3,(H,18,19,20)/t12-,13+,14?/m0/s1. The Labute approximate surface area is 146 Å². The maximum Gasteiger partial charge on any atom is 0.167 e. The van der Waals surface area contributed by atoms with E-state index in [1.165, 1.54) is 12.8 Å². The highest BCUT2D eigenvalue weighted by Crippen LogP contribution is 2.32. The Morgan fingerprint density at radius 3 is 3.00 bits per heavy atom. The summed E-state index contributed by atoms with van der Waals surface area (Å²) in [6, 6.07) is 0. The van der Waals surface area contributed by atoms with Crippen molar-refractivity contribution in [1.29, 1.82) is 0 Å². The summed E-state index contributed by atoms with van der Waals surface area (Å²) in [6.45, 7) is 3.23. The van der Waals surface area contributed by atoms with Crippen LogP contribution >= 0.6 is 0 Å². The van der Waals surface area contributed by atoms with Crippen molar-refractivity contribution in [3.8, 4) is 0 Å². The second-order valence-corrected chi connectivity index (χ2v) is 6.86. The molecule has 2 aliphatic rings. The highest BCUT2D eigenvalue weighted by Gasteiger charge is 2.29. The highest BCUT2D eigenvalue weighted by molar-refractivity contribution is 5.82. The number of imidazole rings is 1. The van der Waals surface area contributed by atoms with Gasteiger partial charge < -0.3 is 19.9 Å². The van der Waals surface area contributed by atoms with Crippen LogP contribution in [0.2, 0.25) is 0 Å². The van der Waals surface area contributed by atoms with Gasteiger partial charge in [-0.3, -0.25) is 4.57 Å². The quantitative estimate of drug-likeness (QED) is 0.706. The fourth-order valence-electron chi connectivity index (χ4n) is 3.11. The zero-order valence-corrected chi connectivity index (χ0v) is 14.5. The summed E-state index contributed by atoms with van der Waals surface area (Å²) in [5, 5.41) is 12.9. The molecule has 1 aliphatic carbocycles. The molecular formula is C17H25N5O3. The molecule has 2 fully saturated rings. The average molecular weight is 347 g/mol. The van der Waals surface area contributed by atoms with Crippen molar-refractivity contribution < 1.29 is 14.6 Å². The van der Waals surface area contributed by atoms with Gasteiger partial charge in [0.2, 0.25) is 0 Å². The van der Waals surface area contributed by atoms with Gasteiger partial charge >= 0.3 is 0 Å². The molecule has 0 spiro atoms. The first-order chi connectivity index (χ1) is 12.2. The second-order valence-electron chi connectivity index (χ2n) is 6.86. The average Bonchev–Trinajstić information content (AvgIpc) is 3.17. The van der Waals surface area contributed by atoms with Crippen molar-refractivity contribution in [2.24, 2.45) is 5.92 Å². The summed E-state index contributed by atoms with van der Waals surface area (Å²) in [7, 11) is 0. The Bertz CT molecular complexity index is 717. The number of nitrogens with one attached hydrogen (secondary N) is 1. The number of ether oxygens (including phenoxy) is 2. The fraction of sp³-hybridized carbons (Fsp3) is 0.706. The molecule has 8 heteroatoms. The highest BCUT2D eigenvalue weighted by atomic mass is 16.6. The number of aliphatic hydroxyl groups excluding tert-OH is 1. The first-order valence-electron chi connectivity index (χ1n) is 9.11. The lowest BCUT2D eigenvalue weighted by molar-refractivity contribution is -0.134. The number of hydrogen-bond acceptors (Lipinski definition) is 7. The molecule has 136 valence electrons. The summed E-state index contributed by atoms with van der Waals surface area (Å²) in [5.41, 5.74) is 1.57. The molecule has 3 heterocycles. The van der Waals surface area contributed by atoms with Crippen LogP contribution in [0.1, 0.15) is 45.3 Å². The maximum absolute atomic E-state index is 9.52.